The van der Waals surface area contributed by atoms with Crippen LogP contribution in [0.5, 0.6) is 0 Å². The summed E-state index contributed by atoms with van der Waals surface area (Å²) in [6.45, 7) is -0.390. The first-order valence-corrected chi connectivity index (χ1v) is 5.63. The minimum atomic E-state index is -0.955. The summed E-state index contributed by atoms with van der Waals surface area (Å²) in [5.41, 5.74) is -0.923. The first kappa shape index (κ1) is 12.9. The van der Waals surface area contributed by atoms with Gasteiger partial charge >= 0.3 is 0 Å². The summed E-state index contributed by atoms with van der Waals surface area (Å²) in [6, 6.07) is 2.10. The van der Waals surface area contributed by atoms with Gasteiger partial charge < -0.3 is 15.5 Å². The summed E-state index contributed by atoms with van der Waals surface area (Å²) in [6.07, 6.45) is 3.07. The van der Waals surface area contributed by atoms with Crippen LogP contribution in [0.25, 0.3) is 0 Å². The van der Waals surface area contributed by atoms with Crippen molar-refractivity contribution in [2.24, 2.45) is 5.41 Å². The van der Waals surface area contributed by atoms with Gasteiger partial charge in [-0.05, 0) is 12.8 Å². The molecule has 1 atom stereocenters. The monoisotopic (exact) mass is 226 g/mol. The van der Waals surface area contributed by atoms with Crippen LogP contribution in [0, 0.1) is 16.7 Å². The summed E-state index contributed by atoms with van der Waals surface area (Å²) in [5, 5.41) is 29.4. The zero-order valence-electron chi connectivity index (χ0n) is 9.28. The Bertz CT molecular complexity index is 279. The van der Waals surface area contributed by atoms with Crippen LogP contribution in [-0.4, -0.2) is 35.4 Å². The molecule has 1 amide bonds. The third-order valence-electron chi connectivity index (χ3n) is 3.06. The van der Waals surface area contributed by atoms with Crippen LogP contribution in [0.1, 0.15) is 32.1 Å². The van der Waals surface area contributed by atoms with Gasteiger partial charge in [0.2, 0.25) is 5.91 Å². The summed E-state index contributed by atoms with van der Waals surface area (Å²) < 4.78 is 0. The van der Waals surface area contributed by atoms with E-state index in [-0.39, 0.29) is 19.1 Å². The Morgan fingerprint density at radius 3 is 2.56 bits per heavy atom. The highest BCUT2D eigenvalue weighted by atomic mass is 16.3. The van der Waals surface area contributed by atoms with Gasteiger partial charge in [0.25, 0.3) is 0 Å². The molecule has 5 heteroatoms. The molecule has 0 heterocycles. The average Bonchev–Trinajstić information content (AvgIpc) is 2.36. The van der Waals surface area contributed by atoms with E-state index >= 15 is 0 Å². The number of nitriles is 1. The maximum absolute atomic E-state index is 11.8. The molecule has 1 aliphatic rings. The predicted molar refractivity (Wildman–Crippen MR) is 57.2 cm³/mol. The predicted octanol–water partition coefficient (Wildman–Crippen LogP) is -0.0701. The van der Waals surface area contributed by atoms with E-state index in [1.807, 2.05) is 0 Å². The molecule has 1 unspecified atom stereocenters. The Hall–Kier alpha value is -1.12. The van der Waals surface area contributed by atoms with Gasteiger partial charge in [0, 0.05) is 6.54 Å². The highest BCUT2D eigenvalue weighted by Gasteiger charge is 2.39. The van der Waals surface area contributed by atoms with Crippen molar-refractivity contribution in [3.8, 4) is 6.07 Å². The van der Waals surface area contributed by atoms with E-state index < -0.39 is 11.5 Å². The zero-order valence-corrected chi connectivity index (χ0v) is 9.28. The lowest BCUT2D eigenvalue weighted by Gasteiger charge is -2.29. The molecule has 90 valence electrons. The molecule has 1 saturated carbocycles. The first-order valence-electron chi connectivity index (χ1n) is 5.63. The van der Waals surface area contributed by atoms with Crippen molar-refractivity contribution in [3.63, 3.8) is 0 Å². The molecule has 0 saturated heterocycles. The van der Waals surface area contributed by atoms with E-state index in [1.54, 1.807) is 0 Å². The molecule has 3 N–H and O–H groups in total. The van der Waals surface area contributed by atoms with Gasteiger partial charge in [-0.3, -0.25) is 4.79 Å². The average molecular weight is 226 g/mol. The van der Waals surface area contributed by atoms with Crippen LogP contribution in [0.15, 0.2) is 0 Å². The van der Waals surface area contributed by atoms with Crippen molar-refractivity contribution in [2.75, 3.05) is 13.2 Å². The van der Waals surface area contributed by atoms with Crippen LogP contribution in [-0.2, 0) is 4.79 Å². The molecule has 16 heavy (non-hydrogen) atoms. The highest BCUT2D eigenvalue weighted by Crippen LogP contribution is 2.35. The Kier molecular flexibility index (Phi) is 4.71. The molecule has 0 spiro atoms. The fourth-order valence-electron chi connectivity index (χ4n) is 1.99. The van der Waals surface area contributed by atoms with Gasteiger partial charge in [0.1, 0.15) is 5.41 Å². The lowest BCUT2D eigenvalue weighted by atomic mass is 9.74. The van der Waals surface area contributed by atoms with E-state index in [0.29, 0.717) is 12.8 Å². The number of amides is 1. The van der Waals surface area contributed by atoms with Crippen LogP contribution in [0.2, 0.25) is 0 Å². The molecular weight excluding hydrogens is 208 g/mol. The van der Waals surface area contributed by atoms with Crippen LogP contribution in [0.4, 0.5) is 0 Å². The van der Waals surface area contributed by atoms with E-state index in [9.17, 15) is 4.79 Å². The quantitative estimate of drug-likeness (QED) is 0.625. The number of aliphatic hydroxyl groups is 2. The van der Waals surface area contributed by atoms with E-state index in [2.05, 4.69) is 11.4 Å². The fourth-order valence-corrected chi connectivity index (χ4v) is 1.99. The fraction of sp³-hybridized carbons (Fsp3) is 0.818. The molecule has 5 nitrogen and oxygen atoms in total. The molecular formula is C11H18N2O3. The number of rotatable bonds is 4. The number of carbonyl (C=O) groups excluding carboxylic acids is 1. The number of aliphatic hydroxyl groups excluding tert-OH is 2. The SMILES string of the molecule is N#CC1(C(=O)NCC(O)CO)CCCCC1. The van der Waals surface area contributed by atoms with Crippen LogP contribution < -0.4 is 5.32 Å². The molecule has 1 fully saturated rings. The van der Waals surface area contributed by atoms with E-state index in [0.717, 1.165) is 19.3 Å². The molecule has 0 aromatic rings. The standard InChI is InChI=1S/C11H18N2O3/c12-8-11(4-2-1-3-5-11)10(16)13-6-9(15)7-14/h9,14-15H,1-7H2,(H,13,16). The lowest BCUT2D eigenvalue weighted by Crippen LogP contribution is -2.44. The Morgan fingerprint density at radius 1 is 1.44 bits per heavy atom. The van der Waals surface area contributed by atoms with Crippen molar-refractivity contribution in [3.05, 3.63) is 0 Å². The molecule has 0 radical (unpaired) electrons. The van der Waals surface area contributed by atoms with Crippen molar-refractivity contribution < 1.29 is 15.0 Å². The van der Waals surface area contributed by atoms with Crippen molar-refractivity contribution in [1.82, 2.24) is 5.32 Å². The molecule has 1 rings (SSSR count). The Labute approximate surface area is 95.1 Å². The summed E-state index contributed by atoms with van der Waals surface area (Å²) in [7, 11) is 0. The highest BCUT2D eigenvalue weighted by molar-refractivity contribution is 5.85. The molecule has 0 aliphatic heterocycles. The van der Waals surface area contributed by atoms with Gasteiger partial charge in [-0.25, -0.2) is 0 Å². The summed E-state index contributed by atoms with van der Waals surface area (Å²) in [5.74, 6) is -0.317. The second kappa shape index (κ2) is 5.83. The summed E-state index contributed by atoms with van der Waals surface area (Å²) >= 11 is 0. The number of carbonyl (C=O) groups is 1. The summed E-state index contributed by atoms with van der Waals surface area (Å²) in [4.78, 5) is 11.8. The minimum Gasteiger partial charge on any atom is -0.394 e. The first-order chi connectivity index (χ1) is 7.64. The Morgan fingerprint density at radius 2 is 2.06 bits per heavy atom. The number of nitrogens with one attached hydrogen (secondary N) is 1. The molecule has 1 aliphatic carbocycles. The number of hydrogen-bond acceptors (Lipinski definition) is 4. The molecule has 0 bridgehead atoms. The maximum Gasteiger partial charge on any atom is 0.240 e. The van der Waals surface area contributed by atoms with Gasteiger partial charge in [0.15, 0.2) is 0 Å². The van der Waals surface area contributed by atoms with E-state index in [1.165, 1.54) is 0 Å². The zero-order chi connectivity index (χ0) is 12.0. The number of hydrogen-bond donors (Lipinski definition) is 3. The van der Waals surface area contributed by atoms with Gasteiger partial charge in [0.05, 0.1) is 18.8 Å². The maximum atomic E-state index is 11.8. The van der Waals surface area contributed by atoms with Crippen molar-refractivity contribution in [1.29, 1.82) is 5.26 Å². The van der Waals surface area contributed by atoms with Crippen LogP contribution in [0.3, 0.4) is 0 Å². The third-order valence-corrected chi connectivity index (χ3v) is 3.06. The normalized spacial score (nSPS) is 20.8. The van der Waals surface area contributed by atoms with E-state index in [4.69, 9.17) is 15.5 Å². The largest absolute Gasteiger partial charge is 0.394 e. The topological polar surface area (TPSA) is 93.4 Å². The minimum absolute atomic E-state index is 0.00123. The van der Waals surface area contributed by atoms with Crippen LogP contribution >= 0.6 is 0 Å². The third kappa shape index (κ3) is 2.94. The molecule has 0 aromatic heterocycles. The Balaban J connectivity index is 2.53. The van der Waals surface area contributed by atoms with Gasteiger partial charge in [-0.1, -0.05) is 19.3 Å². The van der Waals surface area contributed by atoms with Gasteiger partial charge in [-0.15, -0.1) is 0 Å². The smallest absolute Gasteiger partial charge is 0.240 e. The second-order valence-electron chi connectivity index (χ2n) is 4.30. The van der Waals surface area contributed by atoms with Crippen molar-refractivity contribution in [2.45, 2.75) is 38.2 Å². The van der Waals surface area contributed by atoms with Gasteiger partial charge in [-0.2, -0.15) is 5.26 Å². The lowest BCUT2D eigenvalue weighted by molar-refractivity contribution is -0.130. The second-order valence-corrected chi connectivity index (χ2v) is 4.30. The number of nitrogens with zero attached hydrogens (tertiary/aromatic N) is 1. The van der Waals surface area contributed by atoms with Crippen molar-refractivity contribution >= 4 is 5.91 Å². The molecule has 0 aromatic carbocycles.